The molecular formula is C31H28O3. The summed E-state index contributed by atoms with van der Waals surface area (Å²) in [6.45, 7) is 5.72. The van der Waals surface area contributed by atoms with E-state index in [2.05, 4.69) is 37.8 Å². The fourth-order valence-corrected chi connectivity index (χ4v) is 3.93. The smallest absolute Gasteiger partial charge is 0.343 e. The first kappa shape index (κ1) is 23.2. The maximum Gasteiger partial charge on any atom is 0.343 e. The van der Waals surface area contributed by atoms with E-state index >= 15 is 0 Å². The number of carbonyl (C=O) groups is 2. The van der Waals surface area contributed by atoms with Gasteiger partial charge in [-0.05, 0) is 76.2 Å². The first-order chi connectivity index (χ1) is 16.6. The van der Waals surface area contributed by atoms with E-state index in [9.17, 15) is 9.59 Å². The lowest BCUT2D eigenvalue weighted by Crippen LogP contribution is -2.08. The number of allylic oxidation sites excluding steroid dienone is 1. The van der Waals surface area contributed by atoms with Gasteiger partial charge < -0.3 is 4.74 Å². The van der Waals surface area contributed by atoms with E-state index in [0.29, 0.717) is 17.7 Å². The zero-order valence-electron chi connectivity index (χ0n) is 19.4. The number of ether oxygens (including phenoxy) is 1. The maximum absolute atomic E-state index is 12.7. The van der Waals surface area contributed by atoms with Gasteiger partial charge in [-0.2, -0.15) is 0 Å². The molecule has 3 heteroatoms. The van der Waals surface area contributed by atoms with E-state index < -0.39 is 5.97 Å². The van der Waals surface area contributed by atoms with Gasteiger partial charge in [0.1, 0.15) is 5.75 Å². The Hall–Kier alpha value is -3.98. The van der Waals surface area contributed by atoms with E-state index in [1.165, 1.54) is 24.5 Å². The van der Waals surface area contributed by atoms with Gasteiger partial charge in [0.2, 0.25) is 0 Å². The van der Waals surface area contributed by atoms with Crippen LogP contribution in [-0.2, 0) is 17.6 Å². The quantitative estimate of drug-likeness (QED) is 0.153. The third-order valence-electron chi connectivity index (χ3n) is 5.92. The number of hydrogen-bond donors (Lipinski definition) is 0. The molecule has 4 aromatic carbocycles. The van der Waals surface area contributed by atoms with Gasteiger partial charge in [-0.15, -0.1) is 0 Å². The predicted molar refractivity (Wildman–Crippen MR) is 138 cm³/mol. The summed E-state index contributed by atoms with van der Waals surface area (Å²) in [5.74, 6) is 0.0769. The summed E-state index contributed by atoms with van der Waals surface area (Å²) in [6, 6.07) is 27.4. The van der Waals surface area contributed by atoms with Crippen molar-refractivity contribution in [3.8, 4) is 16.9 Å². The van der Waals surface area contributed by atoms with E-state index in [-0.39, 0.29) is 5.78 Å². The second-order valence-corrected chi connectivity index (χ2v) is 8.46. The molecule has 4 aromatic rings. The lowest BCUT2D eigenvalue weighted by molar-refractivity contribution is -0.114. The number of ketones is 1. The highest BCUT2D eigenvalue weighted by molar-refractivity contribution is 5.94. The summed E-state index contributed by atoms with van der Waals surface area (Å²) in [5, 5.41) is 1.93. The van der Waals surface area contributed by atoms with Gasteiger partial charge in [0.25, 0.3) is 0 Å². The van der Waals surface area contributed by atoms with Crippen LogP contribution in [0.2, 0.25) is 0 Å². The van der Waals surface area contributed by atoms with Crippen LogP contribution in [0.25, 0.3) is 21.9 Å². The van der Waals surface area contributed by atoms with Gasteiger partial charge in [-0.25, -0.2) is 4.79 Å². The van der Waals surface area contributed by atoms with E-state index in [1.807, 2.05) is 42.5 Å². The molecule has 170 valence electrons. The molecule has 0 saturated carbocycles. The number of unbranched alkanes of at least 4 members (excludes halogenated alkanes) is 1. The van der Waals surface area contributed by atoms with Crippen LogP contribution < -0.4 is 4.74 Å². The van der Waals surface area contributed by atoms with Crippen molar-refractivity contribution in [2.24, 2.45) is 0 Å². The number of hydrogen-bond acceptors (Lipinski definition) is 3. The number of fused-ring (bicyclic) bond motifs is 1. The minimum atomic E-state index is -0.394. The second-order valence-electron chi connectivity index (χ2n) is 8.46. The third-order valence-corrected chi connectivity index (χ3v) is 5.92. The number of esters is 1. The molecule has 0 aliphatic rings. The molecule has 0 fully saturated rings. The lowest BCUT2D eigenvalue weighted by atomic mass is 10.0. The van der Waals surface area contributed by atoms with Gasteiger partial charge in [0.15, 0.2) is 5.78 Å². The maximum atomic E-state index is 12.7. The van der Waals surface area contributed by atoms with E-state index in [4.69, 9.17) is 4.74 Å². The van der Waals surface area contributed by atoms with Crippen molar-refractivity contribution in [2.45, 2.75) is 32.6 Å². The zero-order valence-corrected chi connectivity index (χ0v) is 19.4. The predicted octanol–water partition coefficient (Wildman–Crippen LogP) is 7.37. The highest BCUT2D eigenvalue weighted by Gasteiger charge is 2.10. The van der Waals surface area contributed by atoms with Crippen molar-refractivity contribution in [2.75, 3.05) is 0 Å². The zero-order chi connectivity index (χ0) is 23.9. The van der Waals surface area contributed by atoms with Crippen LogP contribution in [0, 0.1) is 0 Å². The summed E-state index contributed by atoms with van der Waals surface area (Å²) < 4.78 is 5.61. The van der Waals surface area contributed by atoms with Crippen LogP contribution in [0.5, 0.6) is 5.75 Å². The van der Waals surface area contributed by atoms with Crippen LogP contribution in [0.4, 0.5) is 0 Å². The number of aryl methyl sites for hydroxylation is 1. The number of benzene rings is 4. The van der Waals surface area contributed by atoms with Crippen molar-refractivity contribution in [1.82, 2.24) is 0 Å². The molecule has 4 rings (SSSR count). The topological polar surface area (TPSA) is 43.4 Å². The van der Waals surface area contributed by atoms with E-state index in [0.717, 1.165) is 33.9 Å². The lowest BCUT2D eigenvalue weighted by Gasteiger charge is -2.08. The fourth-order valence-electron chi connectivity index (χ4n) is 3.93. The standard InChI is InChI=1S/C31H28O3/c1-3-5-6-22-7-10-24(11-8-22)25-13-15-26(16-14-25)31(33)34-30-18-17-27-19-23(20-29(32)4-2)9-12-28(27)21-30/h4,7-19,21H,2-3,5-6,20H2,1H3. The molecular weight excluding hydrogens is 420 g/mol. The monoisotopic (exact) mass is 448 g/mol. The van der Waals surface area contributed by atoms with Gasteiger partial charge >= 0.3 is 5.97 Å². The van der Waals surface area contributed by atoms with Crippen molar-refractivity contribution >= 4 is 22.5 Å². The Morgan fingerprint density at radius 1 is 0.794 bits per heavy atom. The molecule has 0 radical (unpaired) electrons. The van der Waals surface area contributed by atoms with Gasteiger partial charge in [0, 0.05) is 6.42 Å². The first-order valence-corrected chi connectivity index (χ1v) is 11.6. The Kier molecular flexibility index (Phi) is 7.34. The molecule has 0 saturated heterocycles. The largest absolute Gasteiger partial charge is 0.423 e. The molecule has 0 aromatic heterocycles. The molecule has 0 aliphatic carbocycles. The minimum absolute atomic E-state index is 0.0140. The highest BCUT2D eigenvalue weighted by Crippen LogP contribution is 2.25. The fraction of sp³-hybridized carbons (Fsp3) is 0.161. The molecule has 0 N–H and O–H groups in total. The molecule has 0 atom stereocenters. The Morgan fingerprint density at radius 3 is 2.09 bits per heavy atom. The van der Waals surface area contributed by atoms with Gasteiger partial charge in [-0.1, -0.05) is 80.6 Å². The minimum Gasteiger partial charge on any atom is -0.423 e. The van der Waals surface area contributed by atoms with Gasteiger partial charge in [-0.3, -0.25) is 4.79 Å². The van der Waals surface area contributed by atoms with Crippen LogP contribution in [0.1, 0.15) is 41.3 Å². The average Bonchev–Trinajstić information content (AvgIpc) is 2.88. The molecule has 0 spiro atoms. The Bertz CT molecular complexity index is 1320. The Balaban J connectivity index is 1.43. The molecule has 0 aliphatic heterocycles. The van der Waals surface area contributed by atoms with Crippen LogP contribution in [0.3, 0.4) is 0 Å². The summed E-state index contributed by atoms with van der Waals surface area (Å²) in [4.78, 5) is 24.3. The molecule has 0 amide bonds. The summed E-state index contributed by atoms with van der Waals surface area (Å²) in [6.07, 6.45) is 5.16. The number of carbonyl (C=O) groups excluding carboxylic acids is 2. The van der Waals surface area contributed by atoms with Gasteiger partial charge in [0.05, 0.1) is 5.56 Å². The summed E-state index contributed by atoms with van der Waals surface area (Å²) in [7, 11) is 0. The Labute approximate surface area is 200 Å². The van der Waals surface area contributed by atoms with Crippen molar-refractivity contribution in [3.05, 3.63) is 114 Å². The molecule has 0 heterocycles. The molecule has 34 heavy (non-hydrogen) atoms. The normalized spacial score (nSPS) is 10.7. The average molecular weight is 449 g/mol. The molecule has 0 bridgehead atoms. The first-order valence-electron chi connectivity index (χ1n) is 11.6. The number of rotatable bonds is 9. The molecule has 3 nitrogen and oxygen atoms in total. The van der Waals surface area contributed by atoms with E-state index in [1.54, 1.807) is 18.2 Å². The van der Waals surface area contributed by atoms with Crippen molar-refractivity contribution in [3.63, 3.8) is 0 Å². The summed E-state index contributed by atoms with van der Waals surface area (Å²) >= 11 is 0. The SMILES string of the molecule is C=CC(=O)Cc1ccc2cc(OC(=O)c3ccc(-c4ccc(CCCC)cc4)cc3)ccc2c1. The summed E-state index contributed by atoms with van der Waals surface area (Å²) in [5.41, 5.74) is 4.97. The third kappa shape index (κ3) is 5.68. The van der Waals surface area contributed by atoms with Crippen LogP contribution in [0.15, 0.2) is 97.6 Å². The van der Waals surface area contributed by atoms with Crippen LogP contribution >= 0.6 is 0 Å². The highest BCUT2D eigenvalue weighted by atomic mass is 16.5. The Morgan fingerprint density at radius 2 is 1.41 bits per heavy atom. The van der Waals surface area contributed by atoms with Crippen molar-refractivity contribution in [1.29, 1.82) is 0 Å². The molecule has 0 unspecified atom stereocenters. The second kappa shape index (κ2) is 10.8. The van der Waals surface area contributed by atoms with Crippen molar-refractivity contribution < 1.29 is 14.3 Å². The van der Waals surface area contributed by atoms with Crippen LogP contribution in [-0.4, -0.2) is 11.8 Å².